The predicted molar refractivity (Wildman–Crippen MR) is 90.9 cm³/mol. The van der Waals surface area contributed by atoms with Crippen LogP contribution >= 0.6 is 0 Å². The molecule has 0 aliphatic carbocycles. The van der Waals surface area contributed by atoms with E-state index in [0.717, 1.165) is 12.8 Å². The summed E-state index contributed by atoms with van der Waals surface area (Å²) < 4.78 is 0. The van der Waals surface area contributed by atoms with E-state index in [1.54, 1.807) is 0 Å². The van der Waals surface area contributed by atoms with Gasteiger partial charge in [-0.05, 0) is 30.0 Å². The zero-order valence-electron chi connectivity index (χ0n) is 13.9. The summed E-state index contributed by atoms with van der Waals surface area (Å²) in [4.78, 5) is 23.5. The minimum absolute atomic E-state index is 0.445. The summed E-state index contributed by atoms with van der Waals surface area (Å²) in [6.45, 7) is 6.95. The van der Waals surface area contributed by atoms with Crippen molar-refractivity contribution in [2.75, 3.05) is 11.9 Å². The number of rotatable bonds is 8. The number of anilines is 1. The molecule has 0 atom stereocenters. The molecular formula is C18H28N2O2. The Morgan fingerprint density at radius 1 is 0.955 bits per heavy atom. The van der Waals surface area contributed by atoms with Gasteiger partial charge in [0, 0.05) is 12.2 Å². The molecule has 2 amide bonds. The van der Waals surface area contributed by atoms with Crippen molar-refractivity contribution in [3.8, 4) is 0 Å². The van der Waals surface area contributed by atoms with E-state index >= 15 is 0 Å². The van der Waals surface area contributed by atoms with Crippen LogP contribution in [-0.4, -0.2) is 18.4 Å². The third-order valence-electron chi connectivity index (χ3n) is 3.61. The number of carbonyl (C=O) groups is 2. The first-order valence-electron chi connectivity index (χ1n) is 8.23. The second kappa shape index (κ2) is 9.98. The van der Waals surface area contributed by atoms with Crippen LogP contribution in [-0.2, 0) is 9.59 Å². The van der Waals surface area contributed by atoms with Gasteiger partial charge in [0.2, 0.25) is 0 Å². The van der Waals surface area contributed by atoms with Crippen molar-refractivity contribution < 1.29 is 9.59 Å². The molecule has 122 valence electrons. The second-order valence-electron chi connectivity index (χ2n) is 5.90. The van der Waals surface area contributed by atoms with E-state index in [-0.39, 0.29) is 0 Å². The van der Waals surface area contributed by atoms with Gasteiger partial charge >= 0.3 is 11.8 Å². The Labute approximate surface area is 133 Å². The lowest BCUT2D eigenvalue weighted by Gasteiger charge is -2.09. The van der Waals surface area contributed by atoms with Crippen LogP contribution in [0, 0.1) is 0 Å². The maximum absolute atomic E-state index is 11.8. The molecule has 0 aliphatic heterocycles. The highest BCUT2D eigenvalue weighted by atomic mass is 16.2. The van der Waals surface area contributed by atoms with Crippen molar-refractivity contribution in [2.24, 2.45) is 0 Å². The molecule has 1 aromatic rings. The molecule has 0 bridgehead atoms. The van der Waals surface area contributed by atoms with Crippen molar-refractivity contribution in [1.29, 1.82) is 0 Å². The fourth-order valence-corrected chi connectivity index (χ4v) is 2.15. The standard InChI is InChI=1S/C18H28N2O2/c1-4-5-6-7-8-13-19-17(21)18(22)20-16-11-9-15(10-12-16)14(2)3/h9-12,14H,4-8,13H2,1-3H3,(H,19,21)(H,20,22). The molecule has 0 heterocycles. The van der Waals surface area contributed by atoms with Crippen LogP contribution in [0.25, 0.3) is 0 Å². The van der Waals surface area contributed by atoms with Crippen LogP contribution in [0.5, 0.6) is 0 Å². The molecule has 0 spiro atoms. The maximum atomic E-state index is 11.8. The number of amides is 2. The molecule has 0 saturated carbocycles. The first kappa shape index (κ1) is 18.2. The van der Waals surface area contributed by atoms with Gasteiger partial charge in [-0.1, -0.05) is 58.6 Å². The zero-order valence-corrected chi connectivity index (χ0v) is 13.9. The topological polar surface area (TPSA) is 58.2 Å². The van der Waals surface area contributed by atoms with Crippen molar-refractivity contribution in [3.63, 3.8) is 0 Å². The lowest BCUT2D eigenvalue weighted by Crippen LogP contribution is -2.35. The number of carbonyl (C=O) groups excluding carboxylic acids is 2. The zero-order chi connectivity index (χ0) is 16.4. The number of nitrogens with one attached hydrogen (secondary N) is 2. The quantitative estimate of drug-likeness (QED) is 0.566. The third kappa shape index (κ3) is 6.74. The van der Waals surface area contributed by atoms with Gasteiger partial charge in [-0.25, -0.2) is 0 Å². The summed E-state index contributed by atoms with van der Waals surface area (Å²) in [5.41, 5.74) is 1.85. The van der Waals surface area contributed by atoms with Crippen LogP contribution < -0.4 is 10.6 Å². The van der Waals surface area contributed by atoms with Gasteiger partial charge in [-0.2, -0.15) is 0 Å². The molecule has 0 unspecified atom stereocenters. The second-order valence-corrected chi connectivity index (χ2v) is 5.90. The normalized spacial score (nSPS) is 10.5. The highest BCUT2D eigenvalue weighted by Crippen LogP contribution is 2.16. The summed E-state index contributed by atoms with van der Waals surface area (Å²) in [6.07, 6.45) is 5.61. The van der Waals surface area contributed by atoms with E-state index in [1.807, 2.05) is 24.3 Å². The van der Waals surface area contributed by atoms with E-state index in [1.165, 1.54) is 24.8 Å². The highest BCUT2D eigenvalue weighted by Gasteiger charge is 2.12. The number of benzene rings is 1. The molecule has 4 heteroatoms. The van der Waals surface area contributed by atoms with Gasteiger partial charge in [-0.15, -0.1) is 0 Å². The Kier molecular flexibility index (Phi) is 8.26. The summed E-state index contributed by atoms with van der Waals surface area (Å²) in [7, 11) is 0. The Bertz CT molecular complexity index is 466. The summed E-state index contributed by atoms with van der Waals surface area (Å²) in [5.74, 6) is -0.727. The first-order chi connectivity index (χ1) is 10.5. The molecular weight excluding hydrogens is 276 g/mol. The average Bonchev–Trinajstić information content (AvgIpc) is 2.51. The number of hydrogen-bond donors (Lipinski definition) is 2. The Morgan fingerprint density at radius 3 is 2.18 bits per heavy atom. The van der Waals surface area contributed by atoms with E-state index in [0.29, 0.717) is 18.2 Å². The van der Waals surface area contributed by atoms with Gasteiger partial charge in [0.1, 0.15) is 0 Å². The van der Waals surface area contributed by atoms with Crippen molar-refractivity contribution in [3.05, 3.63) is 29.8 Å². The van der Waals surface area contributed by atoms with Gasteiger partial charge in [-0.3, -0.25) is 9.59 Å². The third-order valence-corrected chi connectivity index (χ3v) is 3.61. The van der Waals surface area contributed by atoms with Crippen molar-refractivity contribution >= 4 is 17.5 Å². The Morgan fingerprint density at radius 2 is 1.59 bits per heavy atom. The minimum Gasteiger partial charge on any atom is -0.348 e. The highest BCUT2D eigenvalue weighted by molar-refractivity contribution is 6.39. The van der Waals surface area contributed by atoms with Gasteiger partial charge in [0.15, 0.2) is 0 Å². The molecule has 2 N–H and O–H groups in total. The molecule has 0 aliphatic rings. The van der Waals surface area contributed by atoms with Crippen LogP contribution in [0.3, 0.4) is 0 Å². The smallest absolute Gasteiger partial charge is 0.313 e. The van der Waals surface area contributed by atoms with Crippen LogP contribution in [0.2, 0.25) is 0 Å². The monoisotopic (exact) mass is 304 g/mol. The number of unbranched alkanes of at least 4 members (excludes halogenated alkanes) is 4. The Balaban J connectivity index is 2.30. The van der Waals surface area contributed by atoms with Crippen LogP contribution in [0.15, 0.2) is 24.3 Å². The summed E-state index contributed by atoms with van der Waals surface area (Å²) in [5, 5.41) is 5.28. The SMILES string of the molecule is CCCCCCCNC(=O)C(=O)Nc1ccc(C(C)C)cc1. The van der Waals surface area contributed by atoms with Crippen molar-refractivity contribution in [2.45, 2.75) is 58.8 Å². The van der Waals surface area contributed by atoms with E-state index in [4.69, 9.17) is 0 Å². The van der Waals surface area contributed by atoms with Gasteiger partial charge < -0.3 is 10.6 Å². The van der Waals surface area contributed by atoms with E-state index in [9.17, 15) is 9.59 Å². The van der Waals surface area contributed by atoms with Gasteiger partial charge in [0.05, 0.1) is 0 Å². The largest absolute Gasteiger partial charge is 0.348 e. The summed E-state index contributed by atoms with van der Waals surface area (Å²) >= 11 is 0. The fraction of sp³-hybridized carbons (Fsp3) is 0.556. The van der Waals surface area contributed by atoms with Crippen molar-refractivity contribution in [1.82, 2.24) is 5.32 Å². The molecule has 0 saturated heterocycles. The Hall–Kier alpha value is -1.84. The molecule has 0 aromatic heterocycles. The van der Waals surface area contributed by atoms with Crippen LogP contribution in [0.4, 0.5) is 5.69 Å². The molecule has 1 aromatic carbocycles. The predicted octanol–water partition coefficient (Wildman–Crippen LogP) is 3.84. The molecule has 22 heavy (non-hydrogen) atoms. The lowest BCUT2D eigenvalue weighted by molar-refractivity contribution is -0.136. The molecule has 4 nitrogen and oxygen atoms in total. The van der Waals surface area contributed by atoms with E-state index in [2.05, 4.69) is 31.4 Å². The molecule has 0 fully saturated rings. The lowest BCUT2D eigenvalue weighted by atomic mass is 10.0. The first-order valence-corrected chi connectivity index (χ1v) is 8.23. The minimum atomic E-state index is -0.606. The summed E-state index contributed by atoms with van der Waals surface area (Å²) in [6, 6.07) is 7.58. The molecule has 1 rings (SSSR count). The van der Waals surface area contributed by atoms with E-state index < -0.39 is 11.8 Å². The maximum Gasteiger partial charge on any atom is 0.313 e. The fourth-order valence-electron chi connectivity index (χ4n) is 2.15. The molecule has 0 radical (unpaired) electrons. The average molecular weight is 304 g/mol. The number of hydrogen-bond acceptors (Lipinski definition) is 2. The van der Waals surface area contributed by atoms with Crippen LogP contribution in [0.1, 0.15) is 64.4 Å². The van der Waals surface area contributed by atoms with Gasteiger partial charge in [0.25, 0.3) is 0 Å².